The van der Waals surface area contributed by atoms with Gasteiger partial charge in [-0.15, -0.1) is 0 Å². The fraction of sp³-hybridized carbons (Fsp3) is 0.357. The van der Waals surface area contributed by atoms with Gasteiger partial charge < -0.3 is 10.6 Å². The molecule has 0 amide bonds. The second kappa shape index (κ2) is 4.59. The average Bonchev–Trinajstić information content (AvgIpc) is 2.71. The molecule has 5 heteroatoms. The van der Waals surface area contributed by atoms with Crippen molar-refractivity contribution in [3.8, 4) is 0 Å². The molecule has 2 N–H and O–H groups in total. The van der Waals surface area contributed by atoms with Crippen molar-refractivity contribution in [2.75, 3.05) is 5.32 Å². The molecule has 1 atom stereocenters. The van der Waals surface area contributed by atoms with E-state index in [1.54, 1.807) is 6.20 Å². The number of hydrogen-bond acceptors (Lipinski definition) is 5. The van der Waals surface area contributed by atoms with Crippen LogP contribution in [-0.4, -0.2) is 15.0 Å². The van der Waals surface area contributed by atoms with Crippen LogP contribution < -0.4 is 10.6 Å². The first-order valence-corrected chi connectivity index (χ1v) is 6.44. The first kappa shape index (κ1) is 12.0. The van der Waals surface area contributed by atoms with Crippen molar-refractivity contribution in [2.24, 2.45) is 0 Å². The van der Waals surface area contributed by atoms with Crippen molar-refractivity contribution in [3.63, 3.8) is 0 Å². The van der Waals surface area contributed by atoms with Crippen molar-refractivity contribution in [1.82, 2.24) is 20.3 Å². The van der Waals surface area contributed by atoms with Crippen LogP contribution in [0.1, 0.15) is 35.6 Å². The van der Waals surface area contributed by atoms with Crippen molar-refractivity contribution in [1.29, 1.82) is 0 Å². The maximum absolute atomic E-state index is 4.58. The molecule has 1 aliphatic heterocycles. The fourth-order valence-corrected chi connectivity index (χ4v) is 2.50. The highest BCUT2D eigenvalue weighted by atomic mass is 15.1. The van der Waals surface area contributed by atoms with E-state index in [0.717, 1.165) is 29.3 Å². The molecule has 19 heavy (non-hydrogen) atoms. The zero-order valence-electron chi connectivity index (χ0n) is 11.4. The number of aryl methyl sites for hydroxylation is 2. The highest BCUT2D eigenvalue weighted by Gasteiger charge is 2.22. The van der Waals surface area contributed by atoms with Crippen molar-refractivity contribution in [3.05, 3.63) is 41.0 Å². The fourth-order valence-electron chi connectivity index (χ4n) is 2.50. The summed E-state index contributed by atoms with van der Waals surface area (Å²) in [6, 6.07) is 4.24. The van der Waals surface area contributed by atoms with E-state index in [9.17, 15) is 0 Å². The highest BCUT2D eigenvalue weighted by Crippen LogP contribution is 2.27. The van der Waals surface area contributed by atoms with Crippen LogP contribution in [0.5, 0.6) is 0 Å². The summed E-state index contributed by atoms with van der Waals surface area (Å²) in [7, 11) is 0. The topological polar surface area (TPSA) is 62.7 Å². The van der Waals surface area contributed by atoms with Gasteiger partial charge in [-0.3, -0.25) is 4.98 Å². The molecule has 0 saturated carbocycles. The zero-order chi connectivity index (χ0) is 13.4. The maximum Gasteiger partial charge on any atom is 0.227 e. The van der Waals surface area contributed by atoms with Gasteiger partial charge in [0.1, 0.15) is 0 Å². The number of nitrogens with zero attached hydrogens (tertiary/aromatic N) is 3. The third-order valence-electron chi connectivity index (χ3n) is 3.38. The normalized spacial score (nSPS) is 17.3. The molecular weight excluding hydrogens is 238 g/mol. The summed E-state index contributed by atoms with van der Waals surface area (Å²) in [5.74, 6) is 0.651. The molecule has 0 spiro atoms. The number of hydrogen-bond donors (Lipinski definition) is 2. The molecule has 1 aliphatic rings. The lowest BCUT2D eigenvalue weighted by Gasteiger charge is -2.10. The lowest BCUT2D eigenvalue weighted by molar-refractivity contribution is 0.629. The van der Waals surface area contributed by atoms with Crippen molar-refractivity contribution >= 4 is 11.6 Å². The minimum Gasteiger partial charge on any atom is -0.324 e. The van der Waals surface area contributed by atoms with Crippen LogP contribution in [0.25, 0.3) is 0 Å². The Morgan fingerprint density at radius 1 is 1.32 bits per heavy atom. The van der Waals surface area contributed by atoms with Gasteiger partial charge in [0.05, 0.1) is 5.69 Å². The molecule has 3 heterocycles. The van der Waals surface area contributed by atoms with Crippen LogP contribution in [0.2, 0.25) is 0 Å². The molecule has 0 bridgehead atoms. The quantitative estimate of drug-likeness (QED) is 0.862. The van der Waals surface area contributed by atoms with Crippen LogP contribution >= 0.6 is 0 Å². The first-order chi connectivity index (χ1) is 9.13. The van der Waals surface area contributed by atoms with Gasteiger partial charge in [0.15, 0.2) is 0 Å². The van der Waals surface area contributed by atoms with E-state index in [-0.39, 0.29) is 0 Å². The first-order valence-electron chi connectivity index (χ1n) is 6.44. The summed E-state index contributed by atoms with van der Waals surface area (Å²) in [6.45, 7) is 6.95. The monoisotopic (exact) mass is 255 g/mol. The van der Waals surface area contributed by atoms with Crippen LogP contribution in [-0.2, 0) is 6.54 Å². The van der Waals surface area contributed by atoms with Gasteiger partial charge in [0.25, 0.3) is 0 Å². The molecule has 3 rings (SSSR count). The summed E-state index contributed by atoms with van der Waals surface area (Å²) < 4.78 is 0. The molecule has 2 aromatic rings. The molecule has 2 aromatic heterocycles. The van der Waals surface area contributed by atoms with Gasteiger partial charge in [-0.1, -0.05) is 0 Å². The third kappa shape index (κ3) is 2.29. The Balaban J connectivity index is 1.93. The van der Waals surface area contributed by atoms with Gasteiger partial charge in [-0.2, -0.15) is 0 Å². The predicted molar refractivity (Wildman–Crippen MR) is 74.3 cm³/mol. The number of anilines is 2. The highest BCUT2D eigenvalue weighted by molar-refractivity contribution is 5.54. The van der Waals surface area contributed by atoms with E-state index in [4.69, 9.17) is 0 Å². The molecule has 5 nitrogen and oxygen atoms in total. The van der Waals surface area contributed by atoms with E-state index in [1.165, 1.54) is 5.56 Å². The Morgan fingerprint density at radius 3 is 2.95 bits per heavy atom. The smallest absolute Gasteiger partial charge is 0.227 e. The molecular formula is C14H17N5. The minimum atomic E-state index is 0.340. The summed E-state index contributed by atoms with van der Waals surface area (Å²) >= 11 is 0. The Hall–Kier alpha value is -2.01. The standard InChI is InChI=1S/C14H17N5/c1-8-6-11(4-5-15-8)18-14-17-10(3)13-9(2)16-7-12(13)19-14/h4-6,9,16H,7H2,1-3H3,(H,15,17,18,19). The Kier molecular flexibility index (Phi) is 2.91. The van der Waals surface area contributed by atoms with Gasteiger partial charge in [0, 0.05) is 41.4 Å². The number of aromatic nitrogens is 3. The Morgan fingerprint density at radius 2 is 2.16 bits per heavy atom. The van der Waals surface area contributed by atoms with E-state index < -0.39 is 0 Å². The van der Waals surface area contributed by atoms with E-state index >= 15 is 0 Å². The zero-order valence-corrected chi connectivity index (χ0v) is 11.4. The molecule has 1 unspecified atom stereocenters. The Bertz CT molecular complexity index is 623. The number of pyridine rings is 1. The van der Waals surface area contributed by atoms with Crippen LogP contribution in [0.4, 0.5) is 11.6 Å². The van der Waals surface area contributed by atoms with Crippen LogP contribution in [0.15, 0.2) is 18.3 Å². The average molecular weight is 255 g/mol. The van der Waals surface area contributed by atoms with Gasteiger partial charge >= 0.3 is 0 Å². The SMILES string of the molecule is Cc1cc(Nc2nc(C)c3c(n2)CNC3C)ccn1. The predicted octanol–water partition coefficient (Wildman–Crippen LogP) is 2.40. The van der Waals surface area contributed by atoms with Gasteiger partial charge in [-0.25, -0.2) is 9.97 Å². The second-order valence-electron chi connectivity index (χ2n) is 4.91. The van der Waals surface area contributed by atoms with E-state index in [2.05, 4.69) is 32.5 Å². The van der Waals surface area contributed by atoms with Crippen molar-refractivity contribution < 1.29 is 0 Å². The molecule has 0 aromatic carbocycles. The third-order valence-corrected chi connectivity index (χ3v) is 3.38. The number of rotatable bonds is 2. The molecule has 0 saturated heterocycles. The molecule has 0 radical (unpaired) electrons. The lowest BCUT2D eigenvalue weighted by atomic mass is 10.1. The van der Waals surface area contributed by atoms with Crippen LogP contribution in [0.3, 0.4) is 0 Å². The molecule has 0 fully saturated rings. The minimum absolute atomic E-state index is 0.340. The summed E-state index contributed by atoms with van der Waals surface area (Å²) in [6.07, 6.45) is 1.78. The van der Waals surface area contributed by atoms with E-state index in [1.807, 2.05) is 26.0 Å². The van der Waals surface area contributed by atoms with Gasteiger partial charge in [-0.05, 0) is 32.9 Å². The number of nitrogens with one attached hydrogen (secondary N) is 2. The number of fused-ring (bicyclic) bond motifs is 1. The largest absolute Gasteiger partial charge is 0.324 e. The van der Waals surface area contributed by atoms with Crippen LogP contribution in [0, 0.1) is 13.8 Å². The summed E-state index contributed by atoms with van der Waals surface area (Å²) in [5.41, 5.74) is 5.30. The van der Waals surface area contributed by atoms with E-state index in [0.29, 0.717) is 12.0 Å². The second-order valence-corrected chi connectivity index (χ2v) is 4.91. The lowest BCUT2D eigenvalue weighted by Crippen LogP contribution is -2.08. The van der Waals surface area contributed by atoms with Crippen molar-refractivity contribution in [2.45, 2.75) is 33.4 Å². The maximum atomic E-state index is 4.58. The summed E-state index contributed by atoms with van der Waals surface area (Å²) in [5, 5.41) is 6.63. The van der Waals surface area contributed by atoms with Gasteiger partial charge in [0.2, 0.25) is 5.95 Å². The Labute approximate surface area is 112 Å². The summed E-state index contributed by atoms with van der Waals surface area (Å²) in [4.78, 5) is 13.3. The molecule has 0 aliphatic carbocycles. The molecule has 98 valence electrons.